The monoisotopic (exact) mass is 282 g/mol. The lowest BCUT2D eigenvalue weighted by Crippen LogP contribution is -2.17. The zero-order chi connectivity index (χ0) is 14.8. The van der Waals surface area contributed by atoms with Gasteiger partial charge in [-0.1, -0.05) is 37.6 Å². The van der Waals surface area contributed by atoms with Crippen molar-refractivity contribution in [3.8, 4) is 11.3 Å². The van der Waals surface area contributed by atoms with Gasteiger partial charge in [-0.25, -0.2) is 4.98 Å². The van der Waals surface area contributed by atoms with E-state index in [2.05, 4.69) is 30.1 Å². The number of rotatable bonds is 4. The van der Waals surface area contributed by atoms with Crippen molar-refractivity contribution in [2.75, 3.05) is 0 Å². The van der Waals surface area contributed by atoms with Crippen LogP contribution in [-0.2, 0) is 6.42 Å². The van der Waals surface area contributed by atoms with E-state index in [0.29, 0.717) is 5.92 Å². The molecule has 0 bridgehead atoms. The third-order valence-corrected chi connectivity index (χ3v) is 4.45. The second-order valence-corrected chi connectivity index (χ2v) is 5.95. The van der Waals surface area contributed by atoms with Crippen molar-refractivity contribution in [3.05, 3.63) is 51.6 Å². The van der Waals surface area contributed by atoms with Crippen LogP contribution in [0.25, 0.3) is 11.3 Å². The number of benzene rings is 1. The average Bonchev–Trinajstić information content (AvgIpc) is 2.42. The lowest BCUT2D eigenvalue weighted by molar-refractivity contribution is 0.420. The molecule has 2 aromatic rings. The fraction of sp³-hybridized carbons (Fsp3) is 0.444. The van der Waals surface area contributed by atoms with Gasteiger partial charge in [0, 0.05) is 17.5 Å². The molecule has 0 radical (unpaired) electrons. The zero-order valence-corrected chi connectivity index (χ0v) is 12.8. The van der Waals surface area contributed by atoms with Gasteiger partial charge in [0.05, 0.1) is 5.69 Å². The van der Waals surface area contributed by atoms with E-state index >= 15 is 0 Å². The van der Waals surface area contributed by atoms with E-state index in [4.69, 9.17) is 4.98 Å². The molecule has 1 aliphatic carbocycles. The third-order valence-electron chi connectivity index (χ3n) is 4.45. The van der Waals surface area contributed by atoms with Crippen LogP contribution in [0.4, 0.5) is 0 Å². The summed E-state index contributed by atoms with van der Waals surface area (Å²) in [6.45, 7) is 3.97. The number of H-pyrrole nitrogens is 1. The van der Waals surface area contributed by atoms with E-state index in [0.717, 1.165) is 35.5 Å². The molecule has 3 nitrogen and oxygen atoms in total. The smallest absolute Gasteiger partial charge is 0.254 e. The summed E-state index contributed by atoms with van der Waals surface area (Å²) in [5.74, 6) is 1.43. The predicted molar refractivity (Wildman–Crippen MR) is 85.6 cm³/mol. The Morgan fingerprint density at radius 3 is 2.71 bits per heavy atom. The largest absolute Gasteiger partial charge is 0.310 e. The van der Waals surface area contributed by atoms with Gasteiger partial charge in [-0.15, -0.1) is 0 Å². The third kappa shape index (κ3) is 2.65. The number of aromatic amines is 1. The number of aryl methyl sites for hydroxylation is 1. The summed E-state index contributed by atoms with van der Waals surface area (Å²) < 4.78 is 0. The Bertz CT molecular complexity index is 699. The van der Waals surface area contributed by atoms with Gasteiger partial charge in [-0.2, -0.15) is 0 Å². The van der Waals surface area contributed by atoms with Gasteiger partial charge in [0.2, 0.25) is 0 Å². The van der Waals surface area contributed by atoms with Crippen molar-refractivity contribution < 1.29 is 0 Å². The Balaban J connectivity index is 2.13. The van der Waals surface area contributed by atoms with Crippen LogP contribution in [0.3, 0.4) is 0 Å². The molecule has 0 spiro atoms. The summed E-state index contributed by atoms with van der Waals surface area (Å²) in [5.41, 5.74) is 4.08. The molecule has 3 rings (SSSR count). The number of nitrogens with zero attached hydrogens (tertiary/aromatic N) is 1. The molecule has 1 aliphatic rings. The van der Waals surface area contributed by atoms with E-state index in [1.807, 2.05) is 13.0 Å². The average molecular weight is 282 g/mol. The standard InChI is InChI=1S/C18H22N2O/c1-3-7-16-19-17(12(2)18(21)20-16)15-11-5-4-10-14(15)13-8-6-9-13/h4-5,10-11,13H,3,6-9H2,1-2H3,(H,19,20,21). The van der Waals surface area contributed by atoms with Crippen molar-refractivity contribution in [2.45, 2.75) is 51.9 Å². The van der Waals surface area contributed by atoms with Crippen LogP contribution in [-0.4, -0.2) is 9.97 Å². The van der Waals surface area contributed by atoms with Gasteiger partial charge >= 0.3 is 0 Å². The SMILES string of the molecule is CCCc1nc(-c2ccccc2C2CCC2)c(C)c(=O)[nH]1. The van der Waals surface area contributed by atoms with E-state index in [-0.39, 0.29) is 5.56 Å². The van der Waals surface area contributed by atoms with Gasteiger partial charge in [0.15, 0.2) is 0 Å². The van der Waals surface area contributed by atoms with Crippen LogP contribution < -0.4 is 5.56 Å². The highest BCUT2D eigenvalue weighted by Gasteiger charge is 2.23. The first kappa shape index (κ1) is 14.1. The molecule has 1 aromatic carbocycles. The molecule has 21 heavy (non-hydrogen) atoms. The van der Waals surface area contributed by atoms with Crippen molar-refractivity contribution >= 4 is 0 Å². The minimum atomic E-state index is -0.00753. The summed E-state index contributed by atoms with van der Waals surface area (Å²) in [6.07, 6.45) is 5.60. The quantitative estimate of drug-likeness (QED) is 0.922. The summed E-state index contributed by atoms with van der Waals surface area (Å²) in [7, 11) is 0. The Kier molecular flexibility index (Phi) is 3.91. The van der Waals surface area contributed by atoms with Gasteiger partial charge in [0.1, 0.15) is 5.82 Å². The van der Waals surface area contributed by atoms with Crippen LogP contribution in [0.15, 0.2) is 29.1 Å². The van der Waals surface area contributed by atoms with E-state index in [9.17, 15) is 4.79 Å². The molecule has 0 saturated heterocycles. The topological polar surface area (TPSA) is 45.8 Å². The number of hydrogen-bond donors (Lipinski definition) is 1. The molecule has 1 N–H and O–H groups in total. The Morgan fingerprint density at radius 1 is 1.29 bits per heavy atom. The van der Waals surface area contributed by atoms with Crippen LogP contribution in [0.1, 0.15) is 55.5 Å². The maximum absolute atomic E-state index is 12.2. The fourth-order valence-electron chi connectivity index (χ4n) is 2.98. The van der Waals surface area contributed by atoms with Crippen molar-refractivity contribution in [1.29, 1.82) is 0 Å². The first-order valence-corrected chi connectivity index (χ1v) is 7.89. The highest BCUT2D eigenvalue weighted by molar-refractivity contribution is 5.67. The molecule has 1 aromatic heterocycles. The molecule has 0 unspecified atom stereocenters. The fourth-order valence-corrected chi connectivity index (χ4v) is 2.98. The summed E-state index contributed by atoms with van der Waals surface area (Å²) in [4.78, 5) is 19.8. The Morgan fingerprint density at radius 2 is 2.05 bits per heavy atom. The van der Waals surface area contributed by atoms with Crippen molar-refractivity contribution in [3.63, 3.8) is 0 Å². The molecule has 110 valence electrons. The molecule has 3 heteroatoms. The minimum Gasteiger partial charge on any atom is -0.310 e. The van der Waals surface area contributed by atoms with Gasteiger partial charge in [0.25, 0.3) is 5.56 Å². The van der Waals surface area contributed by atoms with E-state index in [1.165, 1.54) is 24.8 Å². The normalized spacial score (nSPS) is 15.0. The van der Waals surface area contributed by atoms with Gasteiger partial charge in [-0.3, -0.25) is 4.79 Å². The molecular formula is C18H22N2O. The molecule has 0 amide bonds. The maximum atomic E-state index is 12.2. The Hall–Kier alpha value is -1.90. The molecule has 0 aliphatic heterocycles. The first-order chi connectivity index (χ1) is 10.2. The molecule has 1 saturated carbocycles. The second-order valence-electron chi connectivity index (χ2n) is 5.95. The van der Waals surface area contributed by atoms with Crippen LogP contribution >= 0.6 is 0 Å². The predicted octanol–water partition coefficient (Wildman–Crippen LogP) is 3.97. The van der Waals surface area contributed by atoms with Crippen LogP contribution in [0, 0.1) is 6.92 Å². The minimum absolute atomic E-state index is 0.00753. The summed E-state index contributed by atoms with van der Waals surface area (Å²) >= 11 is 0. The van der Waals surface area contributed by atoms with E-state index in [1.54, 1.807) is 0 Å². The summed E-state index contributed by atoms with van der Waals surface area (Å²) in [6, 6.07) is 8.44. The van der Waals surface area contributed by atoms with Gasteiger partial charge in [-0.05, 0) is 37.7 Å². The molecule has 1 heterocycles. The maximum Gasteiger partial charge on any atom is 0.254 e. The van der Waals surface area contributed by atoms with E-state index < -0.39 is 0 Å². The van der Waals surface area contributed by atoms with Crippen molar-refractivity contribution in [1.82, 2.24) is 9.97 Å². The molecule has 0 atom stereocenters. The highest BCUT2D eigenvalue weighted by Crippen LogP contribution is 2.40. The van der Waals surface area contributed by atoms with Gasteiger partial charge < -0.3 is 4.98 Å². The number of hydrogen-bond acceptors (Lipinski definition) is 2. The van der Waals surface area contributed by atoms with Crippen LogP contribution in [0.2, 0.25) is 0 Å². The summed E-state index contributed by atoms with van der Waals surface area (Å²) in [5, 5.41) is 0. The second kappa shape index (κ2) is 5.84. The first-order valence-electron chi connectivity index (χ1n) is 7.89. The molecule has 1 fully saturated rings. The molecular weight excluding hydrogens is 260 g/mol. The number of nitrogens with one attached hydrogen (secondary N) is 1. The van der Waals surface area contributed by atoms with Crippen LogP contribution in [0.5, 0.6) is 0 Å². The lowest BCUT2D eigenvalue weighted by Gasteiger charge is -2.28. The highest BCUT2D eigenvalue weighted by atomic mass is 16.1. The number of aromatic nitrogens is 2. The zero-order valence-electron chi connectivity index (χ0n) is 12.8. The van der Waals surface area contributed by atoms with Crippen molar-refractivity contribution in [2.24, 2.45) is 0 Å². The lowest BCUT2D eigenvalue weighted by atomic mass is 9.77. The Labute approximate surface area is 125 Å².